The number of nitrogens with zero attached hydrogens (tertiary/aromatic N) is 1. The zero-order valence-corrected chi connectivity index (χ0v) is 14.1. The summed E-state index contributed by atoms with van der Waals surface area (Å²) in [7, 11) is 0. The first kappa shape index (κ1) is 17.8. The van der Waals surface area contributed by atoms with Gasteiger partial charge < -0.3 is 15.2 Å². The van der Waals surface area contributed by atoms with Gasteiger partial charge in [0.25, 0.3) is 0 Å². The Labute approximate surface area is 129 Å². The number of hydrogen-bond acceptors (Lipinski definition) is 4. The summed E-state index contributed by atoms with van der Waals surface area (Å²) in [6.45, 7) is 13.4. The van der Waals surface area contributed by atoms with Crippen LogP contribution < -0.4 is 15.2 Å². The van der Waals surface area contributed by atoms with Crippen molar-refractivity contribution in [2.45, 2.75) is 46.7 Å². The van der Waals surface area contributed by atoms with Crippen molar-refractivity contribution in [2.24, 2.45) is 5.73 Å². The summed E-state index contributed by atoms with van der Waals surface area (Å²) in [6, 6.07) is 6.09. The van der Waals surface area contributed by atoms with E-state index in [9.17, 15) is 0 Å². The maximum absolute atomic E-state index is 6.49. The predicted octanol–water partition coefficient (Wildman–Crippen LogP) is 3.04. The van der Waals surface area contributed by atoms with Gasteiger partial charge in [-0.3, -0.25) is 4.90 Å². The van der Waals surface area contributed by atoms with Crippen LogP contribution in [0.4, 0.5) is 0 Å². The van der Waals surface area contributed by atoms with E-state index >= 15 is 0 Å². The van der Waals surface area contributed by atoms with E-state index in [0.717, 1.165) is 31.0 Å². The van der Waals surface area contributed by atoms with Crippen LogP contribution in [0.25, 0.3) is 0 Å². The molecule has 1 aromatic carbocycles. The maximum atomic E-state index is 6.49. The van der Waals surface area contributed by atoms with Crippen LogP contribution in [0.2, 0.25) is 0 Å². The minimum absolute atomic E-state index is 0.361. The van der Waals surface area contributed by atoms with Crippen molar-refractivity contribution >= 4 is 0 Å². The van der Waals surface area contributed by atoms with Crippen molar-refractivity contribution in [3.63, 3.8) is 0 Å². The molecule has 2 N–H and O–H groups in total. The fourth-order valence-corrected chi connectivity index (χ4v) is 2.68. The zero-order valence-electron chi connectivity index (χ0n) is 14.1. The Morgan fingerprint density at radius 3 is 2.10 bits per heavy atom. The third-order valence-electron chi connectivity index (χ3n) is 3.66. The number of nitrogens with two attached hydrogens (primary N) is 1. The summed E-state index contributed by atoms with van der Waals surface area (Å²) < 4.78 is 11.3. The van der Waals surface area contributed by atoms with E-state index in [0.29, 0.717) is 13.2 Å². The summed E-state index contributed by atoms with van der Waals surface area (Å²) in [5, 5.41) is 0. The van der Waals surface area contributed by atoms with E-state index in [2.05, 4.69) is 31.7 Å². The summed E-state index contributed by atoms with van der Waals surface area (Å²) in [6.07, 6.45) is 0.779. The molecule has 1 aromatic rings. The van der Waals surface area contributed by atoms with Crippen LogP contribution in [-0.2, 0) is 6.42 Å². The smallest absolute Gasteiger partial charge is 0.161 e. The van der Waals surface area contributed by atoms with E-state index in [4.69, 9.17) is 15.2 Å². The fourth-order valence-electron chi connectivity index (χ4n) is 2.68. The summed E-state index contributed by atoms with van der Waals surface area (Å²) in [5.41, 5.74) is 7.29. The van der Waals surface area contributed by atoms with E-state index in [1.165, 1.54) is 5.56 Å². The van der Waals surface area contributed by atoms with Gasteiger partial charge in [-0.1, -0.05) is 19.9 Å². The van der Waals surface area contributed by atoms with Crippen molar-refractivity contribution < 1.29 is 9.47 Å². The van der Waals surface area contributed by atoms with Crippen LogP contribution >= 0.6 is 0 Å². The second-order valence-corrected chi connectivity index (χ2v) is 5.35. The minimum atomic E-state index is -0.361. The summed E-state index contributed by atoms with van der Waals surface area (Å²) in [4.78, 5) is 2.27. The van der Waals surface area contributed by atoms with Crippen molar-refractivity contribution in [3.05, 3.63) is 23.8 Å². The number of hydrogen-bond donors (Lipinski definition) is 1. The molecule has 0 aliphatic carbocycles. The van der Waals surface area contributed by atoms with E-state index in [-0.39, 0.29) is 5.66 Å². The lowest BCUT2D eigenvalue weighted by Gasteiger charge is -2.37. The van der Waals surface area contributed by atoms with Gasteiger partial charge >= 0.3 is 0 Å². The molecular formula is C17H30N2O2. The Morgan fingerprint density at radius 2 is 1.57 bits per heavy atom. The largest absolute Gasteiger partial charge is 0.490 e. The molecule has 0 aliphatic rings. The number of ether oxygens (including phenoxy) is 2. The first-order valence-corrected chi connectivity index (χ1v) is 7.90. The molecule has 0 aliphatic heterocycles. The van der Waals surface area contributed by atoms with E-state index in [1.807, 2.05) is 26.0 Å². The molecule has 4 heteroatoms. The molecule has 120 valence electrons. The lowest BCUT2D eigenvalue weighted by Crippen LogP contribution is -2.55. The first-order chi connectivity index (χ1) is 9.98. The average Bonchev–Trinajstić information content (AvgIpc) is 2.42. The molecule has 1 unspecified atom stereocenters. The highest BCUT2D eigenvalue weighted by Crippen LogP contribution is 2.30. The van der Waals surface area contributed by atoms with Crippen molar-refractivity contribution in [1.82, 2.24) is 4.90 Å². The standard InChI is InChI=1S/C17H30N2O2/c1-6-19(7-2)17(5,18)13-14-10-11-15(20-8-3)16(12-14)21-9-4/h10-12H,6-9,13,18H2,1-5H3. The van der Waals surface area contributed by atoms with Crippen LogP contribution in [-0.4, -0.2) is 36.9 Å². The van der Waals surface area contributed by atoms with Gasteiger partial charge in [0.15, 0.2) is 11.5 Å². The van der Waals surface area contributed by atoms with Gasteiger partial charge in [0.05, 0.1) is 18.9 Å². The highest BCUT2D eigenvalue weighted by Gasteiger charge is 2.25. The fraction of sp³-hybridized carbons (Fsp3) is 0.647. The molecule has 4 nitrogen and oxygen atoms in total. The number of benzene rings is 1. The van der Waals surface area contributed by atoms with Gasteiger partial charge in [0.1, 0.15) is 0 Å². The Morgan fingerprint density at radius 1 is 1.00 bits per heavy atom. The molecule has 1 atom stereocenters. The van der Waals surface area contributed by atoms with Gasteiger partial charge in [-0.15, -0.1) is 0 Å². The second kappa shape index (κ2) is 8.25. The zero-order chi connectivity index (χ0) is 15.9. The van der Waals surface area contributed by atoms with Gasteiger partial charge in [0.2, 0.25) is 0 Å². The normalized spacial score (nSPS) is 14.0. The lowest BCUT2D eigenvalue weighted by molar-refractivity contribution is 0.123. The Kier molecular flexibility index (Phi) is 6.99. The second-order valence-electron chi connectivity index (χ2n) is 5.35. The quantitative estimate of drug-likeness (QED) is 0.711. The maximum Gasteiger partial charge on any atom is 0.161 e. The molecular weight excluding hydrogens is 264 g/mol. The molecule has 0 aromatic heterocycles. The van der Waals surface area contributed by atoms with Crippen LogP contribution in [0.5, 0.6) is 11.5 Å². The lowest BCUT2D eigenvalue weighted by atomic mass is 10.00. The molecule has 0 saturated heterocycles. The molecule has 0 spiro atoms. The molecule has 0 bridgehead atoms. The summed E-state index contributed by atoms with van der Waals surface area (Å²) in [5.74, 6) is 1.59. The molecule has 0 fully saturated rings. The molecule has 1 rings (SSSR count). The SMILES string of the molecule is CCOc1ccc(CC(C)(N)N(CC)CC)cc1OCC. The van der Waals surface area contributed by atoms with Gasteiger partial charge in [-0.05, 0) is 51.6 Å². The first-order valence-electron chi connectivity index (χ1n) is 7.90. The van der Waals surface area contributed by atoms with Crippen LogP contribution in [0.3, 0.4) is 0 Å². The van der Waals surface area contributed by atoms with Crippen LogP contribution in [0.1, 0.15) is 40.2 Å². The molecule has 21 heavy (non-hydrogen) atoms. The monoisotopic (exact) mass is 294 g/mol. The highest BCUT2D eigenvalue weighted by molar-refractivity contribution is 5.43. The van der Waals surface area contributed by atoms with Gasteiger partial charge in [-0.2, -0.15) is 0 Å². The number of rotatable bonds is 9. The van der Waals surface area contributed by atoms with Crippen LogP contribution in [0, 0.1) is 0 Å². The minimum Gasteiger partial charge on any atom is -0.490 e. The van der Waals surface area contributed by atoms with E-state index < -0.39 is 0 Å². The van der Waals surface area contributed by atoms with Gasteiger partial charge in [0, 0.05) is 6.42 Å². The molecule has 0 heterocycles. The third-order valence-corrected chi connectivity index (χ3v) is 3.66. The molecule has 0 radical (unpaired) electrons. The van der Waals surface area contributed by atoms with Gasteiger partial charge in [-0.25, -0.2) is 0 Å². The average molecular weight is 294 g/mol. The predicted molar refractivity (Wildman–Crippen MR) is 88.0 cm³/mol. The third kappa shape index (κ3) is 4.90. The molecule has 0 saturated carbocycles. The van der Waals surface area contributed by atoms with Crippen molar-refractivity contribution in [2.75, 3.05) is 26.3 Å². The van der Waals surface area contributed by atoms with Crippen molar-refractivity contribution in [3.8, 4) is 11.5 Å². The Balaban J connectivity index is 2.95. The van der Waals surface area contributed by atoms with E-state index in [1.54, 1.807) is 0 Å². The highest BCUT2D eigenvalue weighted by atomic mass is 16.5. The summed E-state index contributed by atoms with van der Waals surface area (Å²) >= 11 is 0. The van der Waals surface area contributed by atoms with Crippen LogP contribution in [0.15, 0.2) is 18.2 Å². The Bertz CT molecular complexity index is 429. The number of likely N-dealkylation sites (N-methyl/N-ethyl adjacent to an activating group) is 1. The Hall–Kier alpha value is -1.26. The topological polar surface area (TPSA) is 47.7 Å². The molecule has 0 amide bonds. The van der Waals surface area contributed by atoms with Crippen molar-refractivity contribution in [1.29, 1.82) is 0 Å².